The van der Waals surface area contributed by atoms with Crippen LogP contribution in [0.25, 0.3) is 0 Å². The van der Waals surface area contributed by atoms with Crippen molar-refractivity contribution in [3.05, 3.63) is 58.1 Å². The number of rotatable bonds is 4. The molecule has 0 heterocycles. The molecule has 8 heteroatoms. The van der Waals surface area contributed by atoms with Crippen LogP contribution in [0.4, 0.5) is 5.69 Å². The summed E-state index contributed by atoms with van der Waals surface area (Å²) in [7, 11) is 1.53. The molecule has 0 radical (unpaired) electrons. The number of ether oxygens (including phenoxy) is 1. The molecule has 0 saturated carbocycles. The molecule has 0 spiro atoms. The van der Waals surface area contributed by atoms with E-state index in [9.17, 15) is 9.59 Å². The average molecular weight is 409 g/mol. The number of halogens is 1. The zero-order valence-electron chi connectivity index (χ0n) is 12.5. The smallest absolute Gasteiger partial charge is 0.335 e. The van der Waals surface area contributed by atoms with Crippen LogP contribution < -0.4 is 15.4 Å². The van der Waals surface area contributed by atoms with Gasteiger partial charge in [-0.15, -0.1) is 0 Å². The molecule has 2 rings (SSSR count). The lowest BCUT2D eigenvalue weighted by Gasteiger charge is -2.11. The van der Waals surface area contributed by atoms with Gasteiger partial charge in [0.25, 0.3) is 5.91 Å². The number of benzene rings is 2. The summed E-state index contributed by atoms with van der Waals surface area (Å²) in [6.45, 7) is 0. The third kappa shape index (κ3) is 4.53. The van der Waals surface area contributed by atoms with Crippen LogP contribution in [0.3, 0.4) is 0 Å². The summed E-state index contributed by atoms with van der Waals surface area (Å²) < 4.78 is 5.75. The minimum Gasteiger partial charge on any atom is -0.496 e. The van der Waals surface area contributed by atoms with Gasteiger partial charge in [-0.3, -0.25) is 10.1 Å². The molecule has 1 amide bonds. The van der Waals surface area contributed by atoms with Crippen LogP contribution in [0.15, 0.2) is 46.9 Å². The lowest BCUT2D eigenvalue weighted by Crippen LogP contribution is -2.34. The van der Waals surface area contributed by atoms with Gasteiger partial charge >= 0.3 is 5.97 Å². The van der Waals surface area contributed by atoms with E-state index < -0.39 is 11.9 Å². The van der Waals surface area contributed by atoms with Crippen LogP contribution >= 0.6 is 28.1 Å². The molecular weight excluding hydrogens is 396 g/mol. The predicted octanol–water partition coefficient (Wildman–Crippen LogP) is 3.28. The van der Waals surface area contributed by atoms with E-state index in [0.717, 1.165) is 0 Å². The van der Waals surface area contributed by atoms with Crippen LogP contribution in [-0.2, 0) is 0 Å². The number of amides is 1. The van der Waals surface area contributed by atoms with E-state index in [1.807, 2.05) is 0 Å². The summed E-state index contributed by atoms with van der Waals surface area (Å²) in [6, 6.07) is 11.0. The van der Waals surface area contributed by atoms with Gasteiger partial charge in [0.1, 0.15) is 5.75 Å². The fraction of sp³-hybridized carbons (Fsp3) is 0.0625. The number of hydrogen-bond acceptors (Lipinski definition) is 4. The molecule has 6 nitrogen and oxygen atoms in total. The van der Waals surface area contributed by atoms with Crippen molar-refractivity contribution in [2.75, 3.05) is 12.4 Å². The lowest BCUT2D eigenvalue weighted by molar-refractivity contribution is 0.0696. The summed E-state index contributed by atoms with van der Waals surface area (Å²) in [5.74, 6) is -0.834. The number of anilines is 1. The maximum Gasteiger partial charge on any atom is 0.335 e. The normalized spacial score (nSPS) is 9.92. The van der Waals surface area contributed by atoms with Crippen molar-refractivity contribution in [1.82, 2.24) is 5.32 Å². The van der Waals surface area contributed by atoms with Crippen LogP contribution in [-0.4, -0.2) is 29.2 Å². The topological polar surface area (TPSA) is 87.7 Å². The number of nitrogens with one attached hydrogen (secondary N) is 2. The first-order valence-corrected chi connectivity index (χ1v) is 7.90. The Labute approximate surface area is 152 Å². The van der Waals surface area contributed by atoms with Gasteiger partial charge in [-0.2, -0.15) is 0 Å². The number of aromatic carboxylic acids is 1. The van der Waals surface area contributed by atoms with Gasteiger partial charge in [-0.05, 0) is 64.5 Å². The molecule has 3 N–H and O–H groups in total. The third-order valence-electron chi connectivity index (χ3n) is 3.01. The molecular formula is C16H13BrN2O4S. The van der Waals surface area contributed by atoms with E-state index in [0.29, 0.717) is 21.5 Å². The molecule has 0 bridgehead atoms. The number of carbonyl (C=O) groups excluding carboxylic acids is 1. The molecule has 2 aromatic carbocycles. The highest BCUT2D eigenvalue weighted by Crippen LogP contribution is 2.25. The molecule has 0 aromatic heterocycles. The Hall–Kier alpha value is -2.45. The number of methoxy groups -OCH3 is 1. The fourth-order valence-corrected chi connectivity index (χ4v) is 2.63. The van der Waals surface area contributed by atoms with Gasteiger partial charge in [-0.25, -0.2) is 4.79 Å². The Morgan fingerprint density at radius 1 is 1.17 bits per heavy atom. The maximum absolute atomic E-state index is 12.2. The van der Waals surface area contributed by atoms with E-state index in [1.54, 1.807) is 30.3 Å². The quantitative estimate of drug-likeness (QED) is 0.672. The standard InChI is InChI=1S/C16H13BrN2O4S/c1-23-13-6-5-9(8-12(13)17)14(20)19-16(24)18-11-4-2-3-10(7-11)15(21)22/h2-8H,1H3,(H,21,22)(H2,18,19,20,24). The number of thiocarbonyl (C=S) groups is 1. The van der Waals surface area contributed by atoms with Crippen molar-refractivity contribution in [2.45, 2.75) is 0 Å². The summed E-state index contributed by atoms with van der Waals surface area (Å²) in [6.07, 6.45) is 0. The number of carboxylic acid groups (broad SMARTS) is 1. The van der Waals surface area contributed by atoms with Crippen molar-refractivity contribution < 1.29 is 19.4 Å². The van der Waals surface area contributed by atoms with Gasteiger partial charge in [0.05, 0.1) is 17.1 Å². The second-order valence-electron chi connectivity index (χ2n) is 4.64. The Bertz CT molecular complexity index is 810. The minimum atomic E-state index is -1.04. The van der Waals surface area contributed by atoms with E-state index >= 15 is 0 Å². The first-order chi connectivity index (χ1) is 11.4. The van der Waals surface area contributed by atoms with Crippen molar-refractivity contribution >= 4 is 50.8 Å². The van der Waals surface area contributed by atoms with E-state index in [1.165, 1.54) is 19.2 Å². The van der Waals surface area contributed by atoms with Crippen molar-refractivity contribution in [3.8, 4) is 5.75 Å². The van der Waals surface area contributed by atoms with E-state index in [-0.39, 0.29) is 10.7 Å². The molecule has 0 unspecified atom stereocenters. The molecule has 0 aliphatic carbocycles. The summed E-state index contributed by atoms with van der Waals surface area (Å²) in [4.78, 5) is 23.1. The summed E-state index contributed by atoms with van der Waals surface area (Å²) >= 11 is 8.38. The monoisotopic (exact) mass is 408 g/mol. The Kier molecular flexibility index (Phi) is 5.88. The van der Waals surface area contributed by atoms with Crippen molar-refractivity contribution in [2.24, 2.45) is 0 Å². The highest BCUT2D eigenvalue weighted by atomic mass is 79.9. The zero-order valence-corrected chi connectivity index (χ0v) is 14.9. The molecule has 24 heavy (non-hydrogen) atoms. The third-order valence-corrected chi connectivity index (χ3v) is 3.83. The Morgan fingerprint density at radius 3 is 2.54 bits per heavy atom. The lowest BCUT2D eigenvalue weighted by atomic mass is 10.2. The summed E-state index contributed by atoms with van der Waals surface area (Å²) in [5, 5.41) is 14.3. The molecule has 0 aliphatic heterocycles. The maximum atomic E-state index is 12.2. The first-order valence-electron chi connectivity index (χ1n) is 6.70. The molecule has 0 atom stereocenters. The number of carboxylic acids is 1. The van der Waals surface area contributed by atoms with Crippen LogP contribution in [0, 0.1) is 0 Å². The SMILES string of the molecule is COc1ccc(C(=O)NC(=S)Nc2cccc(C(=O)O)c2)cc1Br. The van der Waals surface area contributed by atoms with Crippen LogP contribution in [0.2, 0.25) is 0 Å². The van der Waals surface area contributed by atoms with Gasteiger partial charge in [0.2, 0.25) is 0 Å². The molecule has 0 saturated heterocycles. The van der Waals surface area contributed by atoms with Crippen molar-refractivity contribution in [3.63, 3.8) is 0 Å². The van der Waals surface area contributed by atoms with Crippen LogP contribution in [0.1, 0.15) is 20.7 Å². The zero-order chi connectivity index (χ0) is 17.7. The number of carbonyl (C=O) groups is 2. The molecule has 0 aliphatic rings. The summed E-state index contributed by atoms with van der Waals surface area (Å²) in [5.41, 5.74) is 0.982. The minimum absolute atomic E-state index is 0.0643. The average Bonchev–Trinajstić information content (AvgIpc) is 2.54. The second-order valence-corrected chi connectivity index (χ2v) is 5.91. The molecule has 124 valence electrons. The van der Waals surface area contributed by atoms with E-state index in [2.05, 4.69) is 26.6 Å². The Morgan fingerprint density at radius 2 is 1.92 bits per heavy atom. The van der Waals surface area contributed by atoms with Crippen molar-refractivity contribution in [1.29, 1.82) is 0 Å². The largest absolute Gasteiger partial charge is 0.496 e. The van der Waals surface area contributed by atoms with Gasteiger partial charge in [0.15, 0.2) is 5.11 Å². The van der Waals surface area contributed by atoms with E-state index in [4.69, 9.17) is 22.1 Å². The fourth-order valence-electron chi connectivity index (χ4n) is 1.88. The molecule has 0 fully saturated rings. The second kappa shape index (κ2) is 7.89. The van der Waals surface area contributed by atoms with Gasteiger partial charge in [-0.1, -0.05) is 6.07 Å². The van der Waals surface area contributed by atoms with Gasteiger partial charge < -0.3 is 15.2 Å². The predicted molar refractivity (Wildman–Crippen MR) is 97.8 cm³/mol. The first kappa shape index (κ1) is 17.9. The van der Waals surface area contributed by atoms with Gasteiger partial charge in [0, 0.05) is 11.3 Å². The highest BCUT2D eigenvalue weighted by molar-refractivity contribution is 9.10. The molecule has 2 aromatic rings. The highest BCUT2D eigenvalue weighted by Gasteiger charge is 2.11. The Balaban J connectivity index is 2.04. The van der Waals surface area contributed by atoms with Crippen LogP contribution in [0.5, 0.6) is 5.75 Å². The number of hydrogen-bond donors (Lipinski definition) is 3.